The molecule has 1 heterocycles. The molecule has 0 aliphatic carbocycles. The third-order valence-corrected chi connectivity index (χ3v) is 3.30. The van der Waals surface area contributed by atoms with Gasteiger partial charge in [0.1, 0.15) is 0 Å². The number of rotatable bonds is 4. The van der Waals surface area contributed by atoms with Crippen LogP contribution in [0.5, 0.6) is 0 Å². The van der Waals surface area contributed by atoms with E-state index in [0.717, 1.165) is 22.5 Å². The van der Waals surface area contributed by atoms with Gasteiger partial charge < -0.3 is 4.90 Å². The molecule has 1 aromatic carbocycles. The minimum absolute atomic E-state index is 0.393. The van der Waals surface area contributed by atoms with E-state index in [9.17, 15) is 0 Å². The number of anilines is 3. The molecule has 0 spiro atoms. The van der Waals surface area contributed by atoms with Gasteiger partial charge in [0.25, 0.3) is 0 Å². The molecule has 0 radical (unpaired) electrons. The molecule has 0 amide bonds. The van der Waals surface area contributed by atoms with Gasteiger partial charge >= 0.3 is 0 Å². The molecule has 6 heteroatoms. The predicted octanol–water partition coefficient (Wildman–Crippen LogP) is 2.99. The molecule has 100 valence electrons. The lowest BCUT2D eigenvalue weighted by atomic mass is 10.2. The fourth-order valence-corrected chi connectivity index (χ4v) is 2.27. The lowest BCUT2D eigenvalue weighted by Gasteiger charge is -2.23. The van der Waals surface area contributed by atoms with Crippen LogP contribution in [-0.4, -0.2) is 16.5 Å². The highest BCUT2D eigenvalue weighted by Gasteiger charge is 2.14. The summed E-state index contributed by atoms with van der Waals surface area (Å²) >= 11 is 3.48. The monoisotopic (exact) mass is 321 g/mol. The molecule has 2 rings (SSSR count). The minimum Gasteiger partial charge on any atom is -0.326 e. The standard InChI is InChI=1S/C13H16BrN5/c1-3-19(10-6-4-5-9(2)7-10)12-11(14)8-16-13(17-12)18-15/h4-8H,3,15H2,1-2H3,(H,16,17,18). The molecule has 1 aromatic heterocycles. The van der Waals surface area contributed by atoms with Crippen molar-refractivity contribution in [2.24, 2.45) is 5.84 Å². The smallest absolute Gasteiger partial charge is 0.239 e. The van der Waals surface area contributed by atoms with Gasteiger partial charge in [-0.25, -0.2) is 10.8 Å². The summed E-state index contributed by atoms with van der Waals surface area (Å²) in [6.07, 6.45) is 1.69. The number of aryl methyl sites for hydroxylation is 1. The number of nitrogen functional groups attached to an aromatic ring is 1. The second kappa shape index (κ2) is 5.99. The van der Waals surface area contributed by atoms with E-state index in [4.69, 9.17) is 5.84 Å². The topological polar surface area (TPSA) is 67.1 Å². The zero-order chi connectivity index (χ0) is 13.8. The van der Waals surface area contributed by atoms with Crippen molar-refractivity contribution in [3.05, 3.63) is 40.5 Å². The van der Waals surface area contributed by atoms with E-state index in [2.05, 4.69) is 68.3 Å². The number of halogens is 1. The normalized spacial score (nSPS) is 10.3. The van der Waals surface area contributed by atoms with Gasteiger partial charge in [0, 0.05) is 18.4 Å². The first-order valence-electron chi connectivity index (χ1n) is 5.99. The van der Waals surface area contributed by atoms with Gasteiger partial charge in [0.05, 0.1) is 4.47 Å². The molecular weight excluding hydrogens is 306 g/mol. The van der Waals surface area contributed by atoms with E-state index in [1.165, 1.54) is 5.56 Å². The van der Waals surface area contributed by atoms with Gasteiger partial charge in [-0.05, 0) is 47.5 Å². The van der Waals surface area contributed by atoms with Crippen LogP contribution >= 0.6 is 15.9 Å². The number of nitrogens with one attached hydrogen (secondary N) is 1. The molecule has 0 fully saturated rings. The molecule has 19 heavy (non-hydrogen) atoms. The van der Waals surface area contributed by atoms with Gasteiger partial charge in [0.2, 0.25) is 5.95 Å². The van der Waals surface area contributed by atoms with Crippen molar-refractivity contribution in [2.45, 2.75) is 13.8 Å². The van der Waals surface area contributed by atoms with Crippen molar-refractivity contribution in [1.29, 1.82) is 0 Å². The van der Waals surface area contributed by atoms with E-state index >= 15 is 0 Å². The van der Waals surface area contributed by atoms with Crippen LogP contribution in [-0.2, 0) is 0 Å². The van der Waals surface area contributed by atoms with Gasteiger partial charge in [-0.15, -0.1) is 0 Å². The van der Waals surface area contributed by atoms with Crippen LogP contribution in [0.25, 0.3) is 0 Å². The highest BCUT2D eigenvalue weighted by atomic mass is 79.9. The zero-order valence-electron chi connectivity index (χ0n) is 10.9. The maximum Gasteiger partial charge on any atom is 0.239 e. The van der Waals surface area contributed by atoms with Crippen LogP contribution in [0.3, 0.4) is 0 Å². The van der Waals surface area contributed by atoms with Gasteiger partial charge in [-0.3, -0.25) is 5.43 Å². The third kappa shape index (κ3) is 3.02. The Kier molecular flexibility index (Phi) is 4.34. The summed E-state index contributed by atoms with van der Waals surface area (Å²) in [4.78, 5) is 10.6. The van der Waals surface area contributed by atoms with Crippen molar-refractivity contribution in [3.63, 3.8) is 0 Å². The number of aromatic nitrogens is 2. The summed E-state index contributed by atoms with van der Waals surface area (Å²) in [6, 6.07) is 8.28. The van der Waals surface area contributed by atoms with E-state index in [1.807, 2.05) is 6.07 Å². The summed E-state index contributed by atoms with van der Waals surface area (Å²) in [6.45, 7) is 4.94. The fourth-order valence-electron chi connectivity index (χ4n) is 1.87. The molecule has 3 N–H and O–H groups in total. The number of hydrazine groups is 1. The van der Waals surface area contributed by atoms with Crippen molar-refractivity contribution in [1.82, 2.24) is 9.97 Å². The highest BCUT2D eigenvalue weighted by molar-refractivity contribution is 9.10. The molecule has 5 nitrogen and oxygen atoms in total. The van der Waals surface area contributed by atoms with Crippen LogP contribution in [0, 0.1) is 6.92 Å². The first-order valence-corrected chi connectivity index (χ1v) is 6.78. The summed E-state index contributed by atoms with van der Waals surface area (Å²) in [5, 5.41) is 0. The van der Waals surface area contributed by atoms with Gasteiger partial charge in [0.15, 0.2) is 5.82 Å². The van der Waals surface area contributed by atoms with Crippen LogP contribution in [0.2, 0.25) is 0 Å². The van der Waals surface area contributed by atoms with Crippen LogP contribution < -0.4 is 16.2 Å². The molecular formula is C13H16BrN5. The number of nitrogens with two attached hydrogens (primary N) is 1. The summed E-state index contributed by atoms with van der Waals surface area (Å²) in [5.74, 6) is 6.55. The maximum atomic E-state index is 5.36. The lowest BCUT2D eigenvalue weighted by Crippen LogP contribution is -2.20. The summed E-state index contributed by atoms with van der Waals surface area (Å²) in [5.41, 5.74) is 4.76. The number of hydrogen-bond acceptors (Lipinski definition) is 5. The molecule has 0 bridgehead atoms. The Morgan fingerprint density at radius 1 is 1.42 bits per heavy atom. The second-order valence-corrected chi connectivity index (χ2v) is 4.95. The van der Waals surface area contributed by atoms with Crippen molar-refractivity contribution >= 4 is 33.4 Å². The Bertz CT molecular complexity index is 573. The van der Waals surface area contributed by atoms with E-state index in [0.29, 0.717) is 5.95 Å². The Morgan fingerprint density at radius 2 is 2.21 bits per heavy atom. The SMILES string of the molecule is CCN(c1cccc(C)c1)c1nc(NN)ncc1Br. The molecule has 0 saturated carbocycles. The van der Waals surface area contributed by atoms with Crippen molar-refractivity contribution in [3.8, 4) is 0 Å². The quantitative estimate of drug-likeness (QED) is 0.669. The molecule has 0 aliphatic heterocycles. The van der Waals surface area contributed by atoms with Crippen LogP contribution in [0.4, 0.5) is 17.5 Å². The van der Waals surface area contributed by atoms with Crippen molar-refractivity contribution in [2.75, 3.05) is 16.9 Å². The second-order valence-electron chi connectivity index (χ2n) is 4.09. The third-order valence-electron chi connectivity index (χ3n) is 2.74. The minimum atomic E-state index is 0.393. The largest absolute Gasteiger partial charge is 0.326 e. The number of benzene rings is 1. The Morgan fingerprint density at radius 3 is 2.84 bits per heavy atom. The Labute approximate surface area is 121 Å². The van der Waals surface area contributed by atoms with Crippen LogP contribution in [0.15, 0.2) is 34.9 Å². The fraction of sp³-hybridized carbons (Fsp3) is 0.231. The van der Waals surface area contributed by atoms with Gasteiger partial charge in [-0.2, -0.15) is 4.98 Å². The zero-order valence-corrected chi connectivity index (χ0v) is 12.5. The van der Waals surface area contributed by atoms with Crippen LogP contribution in [0.1, 0.15) is 12.5 Å². The first kappa shape index (κ1) is 13.8. The molecule has 2 aromatic rings. The highest BCUT2D eigenvalue weighted by Crippen LogP contribution is 2.30. The average Bonchev–Trinajstić information content (AvgIpc) is 2.42. The van der Waals surface area contributed by atoms with E-state index in [1.54, 1.807) is 6.20 Å². The lowest BCUT2D eigenvalue weighted by molar-refractivity contribution is 0.965. The Balaban J connectivity index is 2.47. The summed E-state index contributed by atoms with van der Waals surface area (Å²) in [7, 11) is 0. The molecule has 0 saturated heterocycles. The average molecular weight is 322 g/mol. The first-order chi connectivity index (χ1) is 9.15. The summed E-state index contributed by atoms with van der Waals surface area (Å²) < 4.78 is 0.829. The maximum absolute atomic E-state index is 5.36. The van der Waals surface area contributed by atoms with E-state index < -0.39 is 0 Å². The van der Waals surface area contributed by atoms with Crippen molar-refractivity contribution < 1.29 is 0 Å². The van der Waals surface area contributed by atoms with Gasteiger partial charge in [-0.1, -0.05) is 12.1 Å². The Hall–Kier alpha value is -1.66. The predicted molar refractivity (Wildman–Crippen MR) is 81.4 cm³/mol. The number of nitrogens with zero attached hydrogens (tertiary/aromatic N) is 3. The molecule has 0 aliphatic rings. The molecule has 0 unspecified atom stereocenters. The number of hydrogen-bond donors (Lipinski definition) is 2. The van der Waals surface area contributed by atoms with E-state index in [-0.39, 0.29) is 0 Å². The molecule has 0 atom stereocenters.